The first-order valence-corrected chi connectivity index (χ1v) is 15.9. The van der Waals surface area contributed by atoms with E-state index < -0.39 is 0 Å². The number of para-hydroxylation sites is 2. The molecular formula is C44H29N3. The molecule has 47 heavy (non-hydrogen) atoms. The lowest BCUT2D eigenvalue weighted by Crippen LogP contribution is -1.94. The van der Waals surface area contributed by atoms with Crippen molar-refractivity contribution in [2.75, 3.05) is 0 Å². The molecule has 3 heteroatoms. The molecule has 9 rings (SSSR count). The number of aryl methyl sites for hydroxylation is 1. The van der Waals surface area contributed by atoms with Crippen LogP contribution in [0.25, 0.3) is 77.2 Å². The van der Waals surface area contributed by atoms with Crippen molar-refractivity contribution in [1.82, 2.24) is 9.13 Å². The minimum Gasteiger partial charge on any atom is -0.309 e. The topological polar surface area (TPSA) is 33.6 Å². The van der Waals surface area contributed by atoms with Crippen LogP contribution in [0.15, 0.2) is 158 Å². The Labute approximate surface area is 272 Å². The van der Waals surface area contributed by atoms with E-state index in [1.54, 1.807) is 0 Å². The number of fused-ring (bicyclic) bond motifs is 6. The summed E-state index contributed by atoms with van der Waals surface area (Å²) in [4.78, 5) is 0. The fourth-order valence-corrected chi connectivity index (χ4v) is 7.14. The minimum absolute atomic E-state index is 0.671. The van der Waals surface area contributed by atoms with Crippen molar-refractivity contribution in [2.45, 2.75) is 6.92 Å². The van der Waals surface area contributed by atoms with Crippen LogP contribution in [-0.2, 0) is 0 Å². The Hall–Kier alpha value is -6.37. The van der Waals surface area contributed by atoms with Gasteiger partial charge in [-0.1, -0.05) is 84.4 Å². The third kappa shape index (κ3) is 4.35. The molecule has 0 N–H and O–H groups in total. The van der Waals surface area contributed by atoms with Gasteiger partial charge in [-0.05, 0) is 108 Å². The third-order valence-electron chi connectivity index (χ3n) is 9.41. The number of nitriles is 1. The predicted molar refractivity (Wildman–Crippen MR) is 195 cm³/mol. The van der Waals surface area contributed by atoms with Crippen LogP contribution in [0.5, 0.6) is 0 Å². The molecule has 0 spiro atoms. The summed E-state index contributed by atoms with van der Waals surface area (Å²) >= 11 is 0. The SMILES string of the molecule is Cc1ccc2c(c1)c1cc(-c3ccc4c(c3)c3ccccc3n4-c3ccccc3)ccc1n2-c1ccc(-c2ccc(C#N)cc2)cc1. The molecule has 2 aromatic heterocycles. The molecule has 0 unspecified atom stereocenters. The van der Waals surface area contributed by atoms with Gasteiger partial charge < -0.3 is 9.13 Å². The van der Waals surface area contributed by atoms with Crippen LogP contribution in [0, 0.1) is 18.3 Å². The number of nitrogens with zero attached hydrogens (tertiary/aromatic N) is 3. The van der Waals surface area contributed by atoms with Gasteiger partial charge in [0, 0.05) is 32.9 Å². The van der Waals surface area contributed by atoms with Crippen molar-refractivity contribution in [2.24, 2.45) is 0 Å². The number of aromatic nitrogens is 2. The Kier molecular flexibility index (Phi) is 6.10. The Morgan fingerprint density at radius 1 is 0.404 bits per heavy atom. The highest BCUT2D eigenvalue weighted by molar-refractivity contribution is 6.12. The Bertz CT molecular complexity index is 2670. The Balaban J connectivity index is 1.19. The van der Waals surface area contributed by atoms with Gasteiger partial charge in [0.25, 0.3) is 0 Å². The van der Waals surface area contributed by atoms with Gasteiger partial charge in [0.2, 0.25) is 0 Å². The maximum Gasteiger partial charge on any atom is 0.0991 e. The van der Waals surface area contributed by atoms with E-state index in [0.29, 0.717) is 5.56 Å². The average molecular weight is 600 g/mol. The molecule has 7 aromatic carbocycles. The van der Waals surface area contributed by atoms with E-state index >= 15 is 0 Å². The Morgan fingerprint density at radius 2 is 0.872 bits per heavy atom. The zero-order valence-corrected chi connectivity index (χ0v) is 25.9. The molecule has 0 aliphatic heterocycles. The number of rotatable bonds is 4. The van der Waals surface area contributed by atoms with Crippen molar-refractivity contribution in [1.29, 1.82) is 5.26 Å². The fourth-order valence-electron chi connectivity index (χ4n) is 7.14. The van der Waals surface area contributed by atoms with Crippen LogP contribution in [0.4, 0.5) is 0 Å². The smallest absolute Gasteiger partial charge is 0.0991 e. The molecule has 0 bridgehead atoms. The van der Waals surface area contributed by atoms with Crippen LogP contribution >= 0.6 is 0 Å². The summed E-state index contributed by atoms with van der Waals surface area (Å²) in [5.74, 6) is 0. The first-order valence-electron chi connectivity index (χ1n) is 15.9. The molecule has 0 saturated heterocycles. The molecule has 9 aromatic rings. The van der Waals surface area contributed by atoms with Crippen molar-refractivity contribution in [3.63, 3.8) is 0 Å². The summed E-state index contributed by atoms with van der Waals surface area (Å²) < 4.78 is 4.73. The molecule has 220 valence electrons. The second-order valence-corrected chi connectivity index (χ2v) is 12.2. The van der Waals surface area contributed by atoms with Gasteiger partial charge in [-0.2, -0.15) is 5.26 Å². The molecule has 0 fully saturated rings. The summed E-state index contributed by atoms with van der Waals surface area (Å²) in [6, 6.07) is 58.5. The van der Waals surface area contributed by atoms with E-state index in [-0.39, 0.29) is 0 Å². The Morgan fingerprint density at radius 3 is 1.51 bits per heavy atom. The maximum atomic E-state index is 9.18. The lowest BCUT2D eigenvalue weighted by atomic mass is 10.0. The highest BCUT2D eigenvalue weighted by Crippen LogP contribution is 2.38. The van der Waals surface area contributed by atoms with E-state index in [1.807, 2.05) is 24.3 Å². The zero-order valence-electron chi connectivity index (χ0n) is 25.9. The predicted octanol–water partition coefficient (Wildman–Crippen LogP) is 11.4. The van der Waals surface area contributed by atoms with Gasteiger partial charge in [0.05, 0.1) is 33.7 Å². The number of hydrogen-bond acceptors (Lipinski definition) is 1. The fraction of sp³-hybridized carbons (Fsp3) is 0.0227. The zero-order chi connectivity index (χ0) is 31.5. The van der Waals surface area contributed by atoms with Crippen LogP contribution < -0.4 is 0 Å². The van der Waals surface area contributed by atoms with Gasteiger partial charge >= 0.3 is 0 Å². The highest BCUT2D eigenvalue weighted by Gasteiger charge is 2.16. The first kappa shape index (κ1) is 27.0. The molecule has 0 aliphatic rings. The second kappa shape index (κ2) is 10.6. The molecule has 3 nitrogen and oxygen atoms in total. The van der Waals surface area contributed by atoms with Gasteiger partial charge in [-0.3, -0.25) is 0 Å². The molecule has 0 amide bonds. The van der Waals surface area contributed by atoms with Crippen LogP contribution in [0.3, 0.4) is 0 Å². The highest BCUT2D eigenvalue weighted by atomic mass is 15.0. The molecular weight excluding hydrogens is 571 g/mol. The number of hydrogen-bond donors (Lipinski definition) is 0. The summed E-state index contributed by atoms with van der Waals surface area (Å²) in [5.41, 5.74) is 13.6. The summed E-state index contributed by atoms with van der Waals surface area (Å²) in [5, 5.41) is 14.2. The molecule has 0 radical (unpaired) electrons. The first-order chi connectivity index (χ1) is 23.2. The van der Waals surface area contributed by atoms with Crippen LogP contribution in [0.1, 0.15) is 11.1 Å². The average Bonchev–Trinajstić information content (AvgIpc) is 3.64. The summed E-state index contributed by atoms with van der Waals surface area (Å²) in [6.07, 6.45) is 0. The van der Waals surface area contributed by atoms with E-state index in [9.17, 15) is 5.26 Å². The lowest BCUT2D eigenvalue weighted by Gasteiger charge is -2.10. The minimum atomic E-state index is 0.671. The van der Waals surface area contributed by atoms with Gasteiger partial charge in [0.1, 0.15) is 0 Å². The third-order valence-corrected chi connectivity index (χ3v) is 9.41. The van der Waals surface area contributed by atoms with Gasteiger partial charge in [-0.25, -0.2) is 0 Å². The van der Waals surface area contributed by atoms with E-state index in [4.69, 9.17) is 0 Å². The van der Waals surface area contributed by atoms with Crippen molar-refractivity contribution in [3.05, 3.63) is 169 Å². The number of benzene rings is 7. The van der Waals surface area contributed by atoms with Crippen molar-refractivity contribution in [3.8, 4) is 39.7 Å². The molecule has 0 aliphatic carbocycles. The van der Waals surface area contributed by atoms with E-state index in [0.717, 1.165) is 16.8 Å². The molecule has 0 atom stereocenters. The summed E-state index contributed by atoms with van der Waals surface area (Å²) in [6.45, 7) is 2.16. The standard InChI is InChI=1S/C44H29N3/c1-29-11-22-42-38(25-29)40-27-34(19-24-44(40)47(42)36-20-16-32(17-21-36)31-14-12-30(28-45)13-15-31)33-18-23-43-39(26-33)37-9-5-6-10-41(37)46(43)35-7-3-2-4-8-35/h2-27H,1H3. The summed E-state index contributed by atoms with van der Waals surface area (Å²) in [7, 11) is 0. The lowest BCUT2D eigenvalue weighted by molar-refractivity contribution is 1.18. The van der Waals surface area contributed by atoms with Crippen molar-refractivity contribution < 1.29 is 0 Å². The molecule has 0 saturated carbocycles. The van der Waals surface area contributed by atoms with Crippen LogP contribution in [-0.4, -0.2) is 9.13 Å². The van der Waals surface area contributed by atoms with Crippen molar-refractivity contribution >= 4 is 43.6 Å². The normalized spacial score (nSPS) is 11.5. The monoisotopic (exact) mass is 599 g/mol. The largest absolute Gasteiger partial charge is 0.309 e. The maximum absolute atomic E-state index is 9.18. The van der Waals surface area contributed by atoms with E-state index in [2.05, 4.69) is 156 Å². The second-order valence-electron chi connectivity index (χ2n) is 12.2. The van der Waals surface area contributed by atoms with Crippen LogP contribution in [0.2, 0.25) is 0 Å². The van der Waals surface area contributed by atoms with Gasteiger partial charge in [0.15, 0.2) is 0 Å². The quantitative estimate of drug-likeness (QED) is 0.198. The molecule has 2 heterocycles. The van der Waals surface area contributed by atoms with Gasteiger partial charge in [-0.15, -0.1) is 0 Å². The van der Waals surface area contributed by atoms with E-state index in [1.165, 1.54) is 66.0 Å².